The van der Waals surface area contributed by atoms with E-state index < -0.39 is 0 Å². The molecule has 1 aromatic rings. The zero-order valence-corrected chi connectivity index (χ0v) is 6.11. The van der Waals surface area contributed by atoms with Crippen molar-refractivity contribution in [1.82, 2.24) is 4.57 Å². The fraction of sp³-hybridized carbons (Fsp3) is 0.286. The second-order valence-corrected chi connectivity index (χ2v) is 1.96. The van der Waals surface area contributed by atoms with Crippen molar-refractivity contribution in [2.45, 2.75) is 0 Å². The van der Waals surface area contributed by atoms with Gasteiger partial charge in [-0.3, -0.25) is 0 Å². The van der Waals surface area contributed by atoms with Gasteiger partial charge in [-0.1, -0.05) is 5.16 Å². The van der Waals surface area contributed by atoms with Crippen LogP contribution in [-0.2, 0) is 11.9 Å². The molecular formula is C7H10N2O. The molecule has 0 amide bonds. The molecule has 0 aromatic carbocycles. The summed E-state index contributed by atoms with van der Waals surface area (Å²) < 4.78 is 1.96. The molecular weight excluding hydrogens is 128 g/mol. The van der Waals surface area contributed by atoms with Gasteiger partial charge in [-0.05, 0) is 12.1 Å². The monoisotopic (exact) mass is 138 g/mol. The zero-order chi connectivity index (χ0) is 7.40. The van der Waals surface area contributed by atoms with Crippen molar-refractivity contribution >= 4 is 6.21 Å². The van der Waals surface area contributed by atoms with Crippen molar-refractivity contribution in [3.8, 4) is 0 Å². The molecule has 0 N–H and O–H groups in total. The Morgan fingerprint density at radius 1 is 1.70 bits per heavy atom. The summed E-state index contributed by atoms with van der Waals surface area (Å²) in [6.45, 7) is 0. The molecule has 1 rings (SSSR count). The van der Waals surface area contributed by atoms with E-state index in [4.69, 9.17) is 0 Å². The molecule has 0 radical (unpaired) electrons. The molecule has 0 saturated carbocycles. The third-order valence-electron chi connectivity index (χ3n) is 1.27. The van der Waals surface area contributed by atoms with Crippen LogP contribution < -0.4 is 0 Å². The number of aryl methyl sites for hydroxylation is 1. The van der Waals surface area contributed by atoms with Crippen LogP contribution in [-0.4, -0.2) is 17.9 Å². The van der Waals surface area contributed by atoms with Crippen molar-refractivity contribution in [3.05, 3.63) is 24.0 Å². The average molecular weight is 138 g/mol. The first-order valence-electron chi connectivity index (χ1n) is 3.02. The molecule has 0 aliphatic carbocycles. The summed E-state index contributed by atoms with van der Waals surface area (Å²) in [7, 11) is 3.48. The van der Waals surface area contributed by atoms with Crippen LogP contribution in [0.2, 0.25) is 0 Å². The molecule has 3 heteroatoms. The molecule has 1 heterocycles. The van der Waals surface area contributed by atoms with E-state index in [-0.39, 0.29) is 0 Å². The molecule has 0 aliphatic heterocycles. The van der Waals surface area contributed by atoms with Gasteiger partial charge in [0.05, 0.1) is 11.9 Å². The second kappa shape index (κ2) is 3.06. The summed E-state index contributed by atoms with van der Waals surface area (Å²) in [6, 6.07) is 3.92. The predicted octanol–water partition coefficient (Wildman–Crippen LogP) is 1.01. The number of rotatable bonds is 2. The highest BCUT2D eigenvalue weighted by Crippen LogP contribution is 1.94. The van der Waals surface area contributed by atoms with E-state index in [1.807, 2.05) is 29.9 Å². The first kappa shape index (κ1) is 6.86. The van der Waals surface area contributed by atoms with Gasteiger partial charge in [0, 0.05) is 13.2 Å². The molecule has 54 valence electrons. The van der Waals surface area contributed by atoms with Crippen LogP contribution in [0.4, 0.5) is 0 Å². The van der Waals surface area contributed by atoms with Crippen molar-refractivity contribution < 1.29 is 4.84 Å². The van der Waals surface area contributed by atoms with E-state index in [1.165, 1.54) is 7.11 Å². The molecule has 3 nitrogen and oxygen atoms in total. The van der Waals surface area contributed by atoms with Gasteiger partial charge in [0.2, 0.25) is 0 Å². The Morgan fingerprint density at radius 3 is 3.00 bits per heavy atom. The molecule has 0 bridgehead atoms. The number of nitrogens with zero attached hydrogens (tertiary/aromatic N) is 2. The van der Waals surface area contributed by atoms with Crippen LogP contribution in [0.25, 0.3) is 0 Å². The largest absolute Gasteiger partial charge is 0.399 e. The summed E-state index contributed by atoms with van der Waals surface area (Å²) in [5, 5.41) is 3.63. The molecule has 10 heavy (non-hydrogen) atoms. The lowest BCUT2D eigenvalue weighted by molar-refractivity contribution is 0.215. The minimum atomic E-state index is 1.03. The molecule has 0 fully saturated rings. The van der Waals surface area contributed by atoms with Crippen molar-refractivity contribution in [1.29, 1.82) is 0 Å². The van der Waals surface area contributed by atoms with Gasteiger partial charge >= 0.3 is 0 Å². The van der Waals surface area contributed by atoms with Gasteiger partial charge in [0.15, 0.2) is 0 Å². The van der Waals surface area contributed by atoms with E-state index in [2.05, 4.69) is 9.99 Å². The van der Waals surface area contributed by atoms with Gasteiger partial charge in [0.1, 0.15) is 7.11 Å². The van der Waals surface area contributed by atoms with Gasteiger partial charge < -0.3 is 9.40 Å². The molecule has 0 spiro atoms. The van der Waals surface area contributed by atoms with Crippen molar-refractivity contribution in [2.75, 3.05) is 7.11 Å². The lowest BCUT2D eigenvalue weighted by Gasteiger charge is -1.92. The highest BCUT2D eigenvalue weighted by molar-refractivity contribution is 5.76. The zero-order valence-electron chi connectivity index (χ0n) is 6.11. The highest BCUT2D eigenvalue weighted by Gasteiger charge is 1.89. The van der Waals surface area contributed by atoms with Gasteiger partial charge in [-0.2, -0.15) is 0 Å². The summed E-state index contributed by atoms with van der Waals surface area (Å²) in [5.74, 6) is 0. The van der Waals surface area contributed by atoms with E-state index in [0.29, 0.717) is 0 Å². The van der Waals surface area contributed by atoms with E-state index in [9.17, 15) is 0 Å². The predicted molar refractivity (Wildman–Crippen MR) is 40.0 cm³/mol. The average Bonchev–Trinajstić information content (AvgIpc) is 2.31. The number of oxime groups is 1. The minimum Gasteiger partial charge on any atom is -0.399 e. The van der Waals surface area contributed by atoms with Crippen LogP contribution in [0.1, 0.15) is 5.69 Å². The van der Waals surface area contributed by atoms with Gasteiger partial charge in [-0.25, -0.2) is 0 Å². The Hall–Kier alpha value is -1.25. The molecule has 1 aromatic heterocycles. The smallest absolute Gasteiger partial charge is 0.106 e. The van der Waals surface area contributed by atoms with Crippen LogP contribution in [0, 0.1) is 0 Å². The van der Waals surface area contributed by atoms with E-state index in [0.717, 1.165) is 5.69 Å². The van der Waals surface area contributed by atoms with Gasteiger partial charge in [0.25, 0.3) is 0 Å². The third-order valence-corrected chi connectivity index (χ3v) is 1.27. The number of aromatic nitrogens is 1. The Kier molecular flexibility index (Phi) is 2.10. The second-order valence-electron chi connectivity index (χ2n) is 1.96. The highest BCUT2D eigenvalue weighted by atomic mass is 16.6. The summed E-state index contributed by atoms with van der Waals surface area (Å²) in [4.78, 5) is 4.53. The fourth-order valence-corrected chi connectivity index (χ4v) is 0.715. The minimum absolute atomic E-state index is 1.03. The number of hydrogen-bond donors (Lipinski definition) is 0. The molecule has 0 aliphatic rings. The maximum Gasteiger partial charge on any atom is 0.106 e. The van der Waals surface area contributed by atoms with Crippen LogP contribution in [0.5, 0.6) is 0 Å². The Labute approximate surface area is 59.9 Å². The SMILES string of the molecule is CON=Cc1cccn1C. The third kappa shape index (κ3) is 1.37. The maximum absolute atomic E-state index is 4.53. The first-order chi connectivity index (χ1) is 4.84. The van der Waals surface area contributed by atoms with E-state index >= 15 is 0 Å². The lowest BCUT2D eigenvalue weighted by atomic mass is 10.5. The lowest BCUT2D eigenvalue weighted by Crippen LogP contribution is -1.92. The number of hydrogen-bond acceptors (Lipinski definition) is 2. The fourth-order valence-electron chi connectivity index (χ4n) is 0.715. The Bertz CT molecular complexity index is 227. The van der Waals surface area contributed by atoms with Crippen LogP contribution in [0.15, 0.2) is 23.5 Å². The van der Waals surface area contributed by atoms with Gasteiger partial charge in [-0.15, -0.1) is 0 Å². The summed E-state index contributed by atoms with van der Waals surface area (Å²) >= 11 is 0. The maximum atomic E-state index is 4.53. The summed E-state index contributed by atoms with van der Waals surface area (Å²) in [6.07, 6.45) is 3.62. The molecule has 0 atom stereocenters. The molecule has 0 unspecified atom stereocenters. The van der Waals surface area contributed by atoms with E-state index in [1.54, 1.807) is 6.21 Å². The van der Waals surface area contributed by atoms with Crippen molar-refractivity contribution in [3.63, 3.8) is 0 Å². The quantitative estimate of drug-likeness (QED) is 0.442. The van der Waals surface area contributed by atoms with Crippen LogP contribution in [0.3, 0.4) is 0 Å². The Morgan fingerprint density at radius 2 is 2.50 bits per heavy atom. The molecule has 0 saturated heterocycles. The normalized spacial score (nSPS) is 10.6. The van der Waals surface area contributed by atoms with Crippen LogP contribution >= 0.6 is 0 Å². The van der Waals surface area contributed by atoms with Crippen molar-refractivity contribution in [2.24, 2.45) is 12.2 Å². The first-order valence-corrected chi connectivity index (χ1v) is 3.02. The topological polar surface area (TPSA) is 26.5 Å². The summed E-state index contributed by atoms with van der Waals surface area (Å²) in [5.41, 5.74) is 1.03. The Balaban J connectivity index is 2.74. The standard InChI is InChI=1S/C7H10N2O/c1-9-5-3-4-7(9)6-8-10-2/h3-6H,1-2H3.